The van der Waals surface area contributed by atoms with E-state index in [1.807, 2.05) is 5.32 Å². The highest BCUT2D eigenvalue weighted by Crippen LogP contribution is 2.45. The van der Waals surface area contributed by atoms with Crippen LogP contribution in [-0.4, -0.2) is 52.8 Å². The summed E-state index contributed by atoms with van der Waals surface area (Å²) in [5.74, 6) is -3.29. The first-order chi connectivity index (χ1) is 15.6. The number of benzene rings is 1. The summed E-state index contributed by atoms with van der Waals surface area (Å²) in [5.41, 5.74) is -4.39. The van der Waals surface area contributed by atoms with Crippen molar-refractivity contribution < 1.29 is 27.5 Å². The van der Waals surface area contributed by atoms with Gasteiger partial charge < -0.3 is 15.4 Å². The zero-order valence-corrected chi connectivity index (χ0v) is 18.2. The van der Waals surface area contributed by atoms with Crippen LogP contribution in [0.3, 0.4) is 0 Å². The minimum Gasteiger partial charge on any atom is -0.383 e. The van der Waals surface area contributed by atoms with Crippen molar-refractivity contribution in [3.63, 3.8) is 0 Å². The summed E-state index contributed by atoms with van der Waals surface area (Å²) in [5, 5.41) is 17.5. The van der Waals surface area contributed by atoms with Crippen molar-refractivity contribution in [2.75, 3.05) is 30.9 Å². The lowest BCUT2D eigenvalue weighted by Gasteiger charge is -2.31. The Labute approximate surface area is 192 Å². The molecule has 10 nitrogen and oxygen atoms in total. The van der Waals surface area contributed by atoms with Gasteiger partial charge in [-0.25, -0.2) is 9.97 Å². The number of nitriles is 1. The number of carbonyl (C=O) groups excluding carboxylic acids is 2. The number of aromatic nitrogens is 3. The van der Waals surface area contributed by atoms with Gasteiger partial charge in [-0.1, -0.05) is 11.6 Å². The highest BCUT2D eigenvalue weighted by atomic mass is 35.5. The van der Waals surface area contributed by atoms with Crippen molar-refractivity contribution >= 4 is 56.9 Å². The smallest absolute Gasteiger partial charge is 0.383 e. The molecule has 15 heteroatoms. The van der Waals surface area contributed by atoms with E-state index in [2.05, 4.69) is 15.3 Å². The summed E-state index contributed by atoms with van der Waals surface area (Å²) in [6, 6.07) is 4.17. The molecule has 0 aliphatic carbocycles. The molecule has 1 unspecified atom stereocenters. The maximum absolute atomic E-state index is 14.4. The Balaban J connectivity index is 1.79. The topological polar surface area (TPSA) is 134 Å². The number of nitrogens with zero attached hydrogens (tertiary/aromatic N) is 4. The van der Waals surface area contributed by atoms with E-state index in [1.54, 1.807) is 11.4 Å². The normalized spacial score (nSPS) is 17.5. The minimum absolute atomic E-state index is 0.0225. The molecule has 0 spiro atoms. The molecule has 0 bridgehead atoms. The van der Waals surface area contributed by atoms with Crippen LogP contribution in [0.25, 0.3) is 11.0 Å². The molecule has 1 aliphatic heterocycles. The van der Waals surface area contributed by atoms with E-state index < -0.39 is 29.6 Å². The molecule has 3 aromatic rings. The molecule has 0 saturated heterocycles. The number of halogens is 4. The number of amides is 2. The zero-order valence-electron chi connectivity index (χ0n) is 16.6. The van der Waals surface area contributed by atoms with Crippen LogP contribution >= 0.6 is 22.9 Å². The van der Waals surface area contributed by atoms with Crippen molar-refractivity contribution in [2.45, 2.75) is 11.8 Å². The van der Waals surface area contributed by atoms with Gasteiger partial charge in [0.1, 0.15) is 17.3 Å². The number of hydrogen-bond acceptors (Lipinski definition) is 8. The van der Waals surface area contributed by atoms with E-state index in [1.165, 1.54) is 24.6 Å². The number of ether oxygens (including phenoxy) is 1. The third-order valence-corrected chi connectivity index (χ3v) is 5.92. The zero-order chi connectivity index (χ0) is 24.0. The summed E-state index contributed by atoms with van der Waals surface area (Å²) in [7, 11) is 1.49. The lowest BCUT2D eigenvalue weighted by molar-refractivity contribution is -0.213. The van der Waals surface area contributed by atoms with Crippen molar-refractivity contribution in [3.05, 3.63) is 33.8 Å². The first kappa shape index (κ1) is 22.8. The number of fused-ring (bicyclic) bond motifs is 3. The molecule has 3 N–H and O–H groups in total. The standard InChI is InChI=1S/C18H13ClF3N7O3S/c1-32-5-4-24-16-25-10(7-33-16)13(30)28-17(18(20,21)22)14(31)27-15-26-12-8(6-23)9(19)2-3-11(12)29(15)17/h2-3,7H,4-5H2,1H3,(H,24,25)(H,28,30)(H,26,27,31). The second kappa shape index (κ2) is 8.18. The third-order valence-electron chi connectivity index (χ3n) is 4.80. The number of rotatable bonds is 6. The predicted octanol–water partition coefficient (Wildman–Crippen LogP) is 2.67. The molecule has 1 aliphatic rings. The van der Waals surface area contributed by atoms with Gasteiger partial charge in [-0.2, -0.15) is 18.4 Å². The van der Waals surface area contributed by atoms with Gasteiger partial charge >= 0.3 is 6.18 Å². The number of nitrogens with one attached hydrogen (secondary N) is 3. The second-order valence-electron chi connectivity index (χ2n) is 6.75. The van der Waals surface area contributed by atoms with E-state index in [0.717, 1.165) is 11.3 Å². The average Bonchev–Trinajstić information content (AvgIpc) is 3.42. The van der Waals surface area contributed by atoms with Crippen LogP contribution in [0.5, 0.6) is 0 Å². The van der Waals surface area contributed by atoms with E-state index in [-0.39, 0.29) is 32.4 Å². The number of imidazole rings is 1. The molecule has 1 atom stereocenters. The maximum atomic E-state index is 14.4. The molecule has 4 rings (SSSR count). The van der Waals surface area contributed by atoms with Crippen LogP contribution in [0.15, 0.2) is 17.5 Å². The quantitative estimate of drug-likeness (QED) is 0.444. The van der Waals surface area contributed by atoms with Crippen molar-refractivity contribution in [3.8, 4) is 6.07 Å². The molecule has 0 fully saturated rings. The Bertz CT molecular complexity index is 1320. The van der Waals surface area contributed by atoms with Crippen molar-refractivity contribution in [2.24, 2.45) is 0 Å². The van der Waals surface area contributed by atoms with Gasteiger partial charge in [0, 0.05) is 19.0 Å². The summed E-state index contributed by atoms with van der Waals surface area (Å²) in [6.45, 7) is 0.720. The minimum atomic E-state index is -5.28. The summed E-state index contributed by atoms with van der Waals surface area (Å²) in [6.07, 6.45) is -5.28. The highest BCUT2D eigenvalue weighted by Gasteiger charge is 2.68. The fourth-order valence-corrected chi connectivity index (χ4v) is 4.24. The van der Waals surface area contributed by atoms with E-state index in [9.17, 15) is 28.0 Å². The van der Waals surface area contributed by atoms with Gasteiger partial charge in [0.05, 0.1) is 22.7 Å². The van der Waals surface area contributed by atoms with Crippen LogP contribution in [-0.2, 0) is 15.2 Å². The summed E-state index contributed by atoms with van der Waals surface area (Å²) >= 11 is 6.96. The fraction of sp³-hybridized carbons (Fsp3) is 0.278. The number of thiazole rings is 1. The van der Waals surface area contributed by atoms with E-state index in [0.29, 0.717) is 17.7 Å². The predicted molar refractivity (Wildman–Crippen MR) is 112 cm³/mol. The van der Waals surface area contributed by atoms with Crippen LogP contribution < -0.4 is 16.0 Å². The highest BCUT2D eigenvalue weighted by molar-refractivity contribution is 7.13. The molecule has 3 heterocycles. The van der Waals surface area contributed by atoms with Gasteiger partial charge in [0.25, 0.3) is 17.5 Å². The Morgan fingerprint density at radius 3 is 2.85 bits per heavy atom. The van der Waals surface area contributed by atoms with Gasteiger partial charge in [-0.3, -0.25) is 19.5 Å². The maximum Gasteiger partial charge on any atom is 0.440 e. The van der Waals surface area contributed by atoms with E-state index >= 15 is 0 Å². The second-order valence-corrected chi connectivity index (χ2v) is 8.01. The van der Waals surface area contributed by atoms with Crippen molar-refractivity contribution in [1.29, 1.82) is 5.26 Å². The SMILES string of the molecule is COCCNc1nc(C(=O)NC2(C(F)(F)F)C(=O)Nc3nc4c(C#N)c(Cl)ccc4n32)cs1. The number of hydrogen-bond donors (Lipinski definition) is 3. The van der Waals surface area contributed by atoms with E-state index in [4.69, 9.17) is 16.3 Å². The van der Waals surface area contributed by atoms with Gasteiger partial charge in [-0.05, 0) is 12.1 Å². The number of carbonyl (C=O) groups is 2. The van der Waals surface area contributed by atoms with Gasteiger partial charge in [0.15, 0.2) is 5.13 Å². The number of methoxy groups -OCH3 is 1. The lowest BCUT2D eigenvalue weighted by atomic mass is 10.1. The molecule has 1 aromatic carbocycles. The first-order valence-electron chi connectivity index (χ1n) is 9.14. The van der Waals surface area contributed by atoms with Gasteiger partial charge in [-0.15, -0.1) is 11.3 Å². The average molecular weight is 500 g/mol. The Morgan fingerprint density at radius 2 is 2.18 bits per heavy atom. The summed E-state index contributed by atoms with van der Waals surface area (Å²) in [4.78, 5) is 33.3. The molecule has 2 aromatic heterocycles. The molecular weight excluding hydrogens is 487 g/mol. The monoisotopic (exact) mass is 499 g/mol. The molecule has 0 saturated carbocycles. The van der Waals surface area contributed by atoms with Crippen LogP contribution in [0.2, 0.25) is 5.02 Å². The Kier molecular flexibility index (Phi) is 5.64. The third kappa shape index (κ3) is 3.54. The Hall–Kier alpha value is -3.41. The molecule has 33 heavy (non-hydrogen) atoms. The molecule has 172 valence electrons. The largest absolute Gasteiger partial charge is 0.440 e. The van der Waals surface area contributed by atoms with Crippen LogP contribution in [0, 0.1) is 11.3 Å². The Morgan fingerprint density at radius 1 is 1.42 bits per heavy atom. The van der Waals surface area contributed by atoms with Gasteiger partial charge in [0.2, 0.25) is 5.95 Å². The number of anilines is 2. The van der Waals surface area contributed by atoms with Crippen LogP contribution in [0.1, 0.15) is 16.1 Å². The number of alkyl halides is 3. The fourth-order valence-electron chi connectivity index (χ4n) is 3.33. The first-order valence-corrected chi connectivity index (χ1v) is 10.4. The van der Waals surface area contributed by atoms with Crippen molar-refractivity contribution in [1.82, 2.24) is 19.9 Å². The molecular formula is C18H13ClF3N7O3S. The summed E-state index contributed by atoms with van der Waals surface area (Å²) < 4.78 is 48.7. The van der Waals surface area contributed by atoms with Crippen LogP contribution in [0.4, 0.5) is 24.3 Å². The lowest BCUT2D eigenvalue weighted by Crippen LogP contribution is -2.63. The molecule has 0 radical (unpaired) electrons. The molecule has 2 amide bonds.